The molecule has 3 unspecified atom stereocenters. The van der Waals surface area contributed by atoms with E-state index in [0.29, 0.717) is 10.8 Å². The fourth-order valence-corrected chi connectivity index (χ4v) is 4.28. The van der Waals surface area contributed by atoms with Crippen LogP contribution in [0.4, 0.5) is 0 Å². The smallest absolute Gasteiger partial charge is 0.0323 e. The Hall–Kier alpha value is 0. The van der Waals surface area contributed by atoms with E-state index in [-0.39, 0.29) is 0 Å². The third-order valence-electron chi connectivity index (χ3n) is 5.64. The summed E-state index contributed by atoms with van der Waals surface area (Å²) in [6.07, 6.45) is 10.3. The number of hydrogen-bond acceptors (Lipinski definition) is 0. The topological polar surface area (TPSA) is 0 Å². The molecule has 0 aliphatic heterocycles. The van der Waals surface area contributed by atoms with Gasteiger partial charge in [-0.25, -0.2) is 0 Å². The van der Waals surface area contributed by atoms with Gasteiger partial charge in [0.1, 0.15) is 0 Å². The van der Waals surface area contributed by atoms with E-state index in [1.54, 1.807) is 0 Å². The second kappa shape index (κ2) is 3.79. The molecule has 0 aromatic rings. The van der Waals surface area contributed by atoms with E-state index < -0.39 is 0 Å². The fourth-order valence-electron chi connectivity index (χ4n) is 4.28. The molecule has 88 valence electrons. The molecule has 0 heterocycles. The summed E-state index contributed by atoms with van der Waals surface area (Å²) in [4.78, 5) is 0. The van der Waals surface area contributed by atoms with E-state index in [1.165, 1.54) is 44.9 Å². The fraction of sp³-hybridized carbons (Fsp3) is 1.00. The van der Waals surface area contributed by atoms with E-state index in [0.717, 1.165) is 11.8 Å². The Balaban J connectivity index is 2.10. The summed E-state index contributed by atoms with van der Waals surface area (Å²) >= 11 is 0. The van der Waals surface area contributed by atoms with Crippen molar-refractivity contribution in [2.45, 2.75) is 72.6 Å². The summed E-state index contributed by atoms with van der Waals surface area (Å²) < 4.78 is 0. The van der Waals surface area contributed by atoms with Crippen molar-refractivity contribution in [1.29, 1.82) is 0 Å². The summed E-state index contributed by atoms with van der Waals surface area (Å²) in [6.45, 7) is 9.93. The molecule has 3 atom stereocenters. The third-order valence-corrected chi connectivity index (χ3v) is 5.64. The molecule has 2 aliphatic rings. The van der Waals surface area contributed by atoms with Crippen LogP contribution in [0.1, 0.15) is 72.6 Å². The molecular formula is C15H28. The van der Waals surface area contributed by atoms with E-state index in [9.17, 15) is 0 Å². The molecule has 2 aliphatic carbocycles. The first-order valence-corrected chi connectivity index (χ1v) is 6.97. The summed E-state index contributed by atoms with van der Waals surface area (Å²) in [7, 11) is 0. The Morgan fingerprint density at radius 3 is 2.47 bits per heavy atom. The van der Waals surface area contributed by atoms with E-state index >= 15 is 0 Å². The minimum Gasteiger partial charge on any atom is -0.0649 e. The highest BCUT2D eigenvalue weighted by Crippen LogP contribution is 2.55. The predicted molar refractivity (Wildman–Crippen MR) is 66.9 cm³/mol. The van der Waals surface area contributed by atoms with Crippen LogP contribution in [0.3, 0.4) is 0 Å². The summed E-state index contributed by atoms with van der Waals surface area (Å²) in [5.41, 5.74) is 1.31. The van der Waals surface area contributed by atoms with Gasteiger partial charge in [0, 0.05) is 0 Å². The molecule has 0 nitrogen and oxygen atoms in total. The molecule has 0 N–H and O–H groups in total. The van der Waals surface area contributed by atoms with Gasteiger partial charge in [-0.3, -0.25) is 0 Å². The lowest BCUT2D eigenvalue weighted by atomic mass is 9.54. The Kier molecular flexibility index (Phi) is 2.90. The lowest BCUT2D eigenvalue weighted by molar-refractivity contribution is -0.0100. The zero-order valence-electron chi connectivity index (χ0n) is 11.1. The minimum absolute atomic E-state index is 0.637. The van der Waals surface area contributed by atoms with Gasteiger partial charge in [-0.15, -0.1) is 0 Å². The molecule has 0 radical (unpaired) electrons. The third kappa shape index (κ3) is 2.10. The van der Waals surface area contributed by atoms with Gasteiger partial charge in [0.15, 0.2) is 0 Å². The average molecular weight is 208 g/mol. The molecule has 0 bridgehead atoms. The van der Waals surface area contributed by atoms with Gasteiger partial charge in [-0.05, 0) is 48.3 Å². The van der Waals surface area contributed by atoms with E-state index in [2.05, 4.69) is 27.7 Å². The van der Waals surface area contributed by atoms with Crippen molar-refractivity contribution in [2.24, 2.45) is 22.7 Å². The van der Waals surface area contributed by atoms with Gasteiger partial charge in [-0.2, -0.15) is 0 Å². The maximum Gasteiger partial charge on any atom is -0.0323 e. The van der Waals surface area contributed by atoms with Crippen molar-refractivity contribution in [2.75, 3.05) is 0 Å². The van der Waals surface area contributed by atoms with Gasteiger partial charge in [0.05, 0.1) is 0 Å². The van der Waals surface area contributed by atoms with Crippen LogP contribution in [-0.2, 0) is 0 Å². The van der Waals surface area contributed by atoms with Gasteiger partial charge >= 0.3 is 0 Å². The molecule has 0 heteroatoms. The molecule has 0 saturated heterocycles. The van der Waals surface area contributed by atoms with Crippen LogP contribution in [0.5, 0.6) is 0 Å². The SMILES string of the molecule is CCC1(C)CCC2C(CCCC2(C)C)C1. The van der Waals surface area contributed by atoms with Gasteiger partial charge in [0.25, 0.3) is 0 Å². The van der Waals surface area contributed by atoms with Crippen LogP contribution >= 0.6 is 0 Å². The zero-order valence-corrected chi connectivity index (χ0v) is 11.1. The Labute approximate surface area is 95.8 Å². The first-order chi connectivity index (χ1) is 6.97. The Morgan fingerprint density at radius 1 is 1.07 bits per heavy atom. The summed E-state index contributed by atoms with van der Waals surface area (Å²) in [5, 5.41) is 0. The maximum absolute atomic E-state index is 2.52. The van der Waals surface area contributed by atoms with Crippen molar-refractivity contribution >= 4 is 0 Å². The molecule has 2 fully saturated rings. The predicted octanol–water partition coefficient (Wildman–Crippen LogP) is 5.03. The Morgan fingerprint density at radius 2 is 1.80 bits per heavy atom. The highest BCUT2D eigenvalue weighted by Gasteiger charge is 2.44. The highest BCUT2D eigenvalue weighted by molar-refractivity contribution is 4.95. The number of hydrogen-bond donors (Lipinski definition) is 0. The van der Waals surface area contributed by atoms with Crippen LogP contribution in [-0.4, -0.2) is 0 Å². The average Bonchev–Trinajstić information content (AvgIpc) is 2.17. The molecular weight excluding hydrogens is 180 g/mol. The molecule has 15 heavy (non-hydrogen) atoms. The van der Waals surface area contributed by atoms with Gasteiger partial charge < -0.3 is 0 Å². The van der Waals surface area contributed by atoms with Crippen LogP contribution in [0.25, 0.3) is 0 Å². The van der Waals surface area contributed by atoms with Gasteiger partial charge in [0.2, 0.25) is 0 Å². The number of rotatable bonds is 1. The van der Waals surface area contributed by atoms with E-state index in [1.807, 2.05) is 0 Å². The number of fused-ring (bicyclic) bond motifs is 1. The first kappa shape index (κ1) is 11.5. The summed E-state index contributed by atoms with van der Waals surface area (Å²) in [6, 6.07) is 0. The van der Waals surface area contributed by atoms with Crippen molar-refractivity contribution in [3.8, 4) is 0 Å². The lowest BCUT2D eigenvalue weighted by Gasteiger charge is -2.51. The maximum atomic E-state index is 2.52. The molecule has 0 aromatic carbocycles. The van der Waals surface area contributed by atoms with Crippen LogP contribution in [0, 0.1) is 22.7 Å². The van der Waals surface area contributed by atoms with Crippen molar-refractivity contribution < 1.29 is 0 Å². The second-order valence-corrected chi connectivity index (χ2v) is 7.15. The second-order valence-electron chi connectivity index (χ2n) is 7.15. The zero-order chi connectivity index (χ0) is 11.1. The van der Waals surface area contributed by atoms with Crippen LogP contribution in [0.2, 0.25) is 0 Å². The molecule has 2 rings (SSSR count). The monoisotopic (exact) mass is 208 g/mol. The summed E-state index contributed by atoms with van der Waals surface area (Å²) in [5.74, 6) is 2.08. The normalized spacial score (nSPS) is 44.8. The van der Waals surface area contributed by atoms with Gasteiger partial charge in [-0.1, -0.05) is 47.0 Å². The molecule has 0 aromatic heterocycles. The first-order valence-electron chi connectivity index (χ1n) is 6.97. The van der Waals surface area contributed by atoms with E-state index in [4.69, 9.17) is 0 Å². The quantitative estimate of drug-likeness (QED) is 0.567. The van der Waals surface area contributed by atoms with Crippen molar-refractivity contribution in [3.63, 3.8) is 0 Å². The standard InChI is InChI=1S/C15H28/c1-5-15(4)10-8-13-12(11-15)7-6-9-14(13,2)3/h12-13H,5-11H2,1-4H3. The minimum atomic E-state index is 0.637. The largest absolute Gasteiger partial charge is 0.0649 e. The molecule has 0 amide bonds. The molecule has 2 saturated carbocycles. The van der Waals surface area contributed by atoms with Crippen molar-refractivity contribution in [3.05, 3.63) is 0 Å². The van der Waals surface area contributed by atoms with Crippen molar-refractivity contribution in [1.82, 2.24) is 0 Å². The van der Waals surface area contributed by atoms with Crippen LogP contribution in [0.15, 0.2) is 0 Å². The highest BCUT2D eigenvalue weighted by atomic mass is 14.5. The Bertz CT molecular complexity index is 228. The molecule has 0 spiro atoms. The van der Waals surface area contributed by atoms with Crippen LogP contribution < -0.4 is 0 Å². The lowest BCUT2D eigenvalue weighted by Crippen LogP contribution is -2.41.